The summed E-state index contributed by atoms with van der Waals surface area (Å²) in [5.74, 6) is -1.29. The second-order valence-corrected chi connectivity index (χ2v) is 12.1. The van der Waals surface area contributed by atoms with Gasteiger partial charge in [-0.05, 0) is 74.9 Å². The van der Waals surface area contributed by atoms with Crippen molar-refractivity contribution in [3.8, 4) is 22.7 Å². The number of hydrogen-bond donors (Lipinski definition) is 0. The quantitative estimate of drug-likeness (QED) is 0.279. The van der Waals surface area contributed by atoms with Crippen LogP contribution in [0.15, 0.2) is 54.0 Å². The van der Waals surface area contributed by atoms with Crippen LogP contribution in [0.2, 0.25) is 0 Å². The summed E-state index contributed by atoms with van der Waals surface area (Å²) in [5, 5.41) is 0.289. The predicted molar refractivity (Wildman–Crippen MR) is 169 cm³/mol. The zero-order valence-corrected chi connectivity index (χ0v) is 25.9. The molecule has 1 saturated heterocycles. The van der Waals surface area contributed by atoms with Crippen molar-refractivity contribution in [2.45, 2.75) is 65.0 Å². The third kappa shape index (κ3) is 5.34. The van der Waals surface area contributed by atoms with Crippen LogP contribution in [0.1, 0.15) is 57.7 Å². The summed E-state index contributed by atoms with van der Waals surface area (Å²) in [7, 11) is 0. The molecule has 5 heterocycles. The molecule has 0 unspecified atom stereocenters. The van der Waals surface area contributed by atoms with Gasteiger partial charge in [-0.3, -0.25) is 9.78 Å². The van der Waals surface area contributed by atoms with E-state index in [2.05, 4.69) is 16.5 Å². The number of nitrogens with zero attached hydrogens (tertiary/aromatic N) is 6. The van der Waals surface area contributed by atoms with Gasteiger partial charge in [0, 0.05) is 31.4 Å². The van der Waals surface area contributed by atoms with E-state index in [-0.39, 0.29) is 57.8 Å². The summed E-state index contributed by atoms with van der Waals surface area (Å²) in [6.07, 6.45) is 5.01. The van der Waals surface area contributed by atoms with Gasteiger partial charge in [-0.15, -0.1) is 0 Å². The Kier molecular flexibility index (Phi) is 8.11. The Balaban J connectivity index is 1.69. The fourth-order valence-electron chi connectivity index (χ4n) is 6.40. The lowest BCUT2D eigenvalue weighted by Gasteiger charge is -2.44. The predicted octanol–water partition coefficient (Wildman–Crippen LogP) is 5.57. The molecule has 6 rings (SSSR count). The summed E-state index contributed by atoms with van der Waals surface area (Å²) < 4.78 is 39.1. The largest absolute Gasteiger partial charge is 0.493 e. The molecule has 1 amide bonds. The average Bonchev–Trinajstić information content (AvgIpc) is 3.02. The minimum atomic E-state index is -0.780. The van der Waals surface area contributed by atoms with E-state index < -0.39 is 17.3 Å². The highest BCUT2D eigenvalue weighted by Crippen LogP contribution is 2.38. The van der Waals surface area contributed by atoms with E-state index in [1.54, 1.807) is 17.2 Å². The van der Waals surface area contributed by atoms with E-state index in [0.29, 0.717) is 43.9 Å². The molecule has 1 aromatic carbocycles. The zero-order chi connectivity index (χ0) is 32.0. The van der Waals surface area contributed by atoms with Crippen LogP contribution >= 0.6 is 0 Å². The van der Waals surface area contributed by atoms with Crippen molar-refractivity contribution in [3.63, 3.8) is 0 Å². The number of hydrogen-bond acceptors (Lipinski definition) is 7. The van der Waals surface area contributed by atoms with Gasteiger partial charge in [-0.2, -0.15) is 4.98 Å². The fraction of sp³-hybridized carbons (Fsp3) is 0.382. The molecule has 2 aliphatic heterocycles. The Labute approximate surface area is 260 Å². The van der Waals surface area contributed by atoms with Crippen molar-refractivity contribution >= 4 is 22.8 Å². The summed E-state index contributed by atoms with van der Waals surface area (Å²) in [6.45, 7) is 12.4. The first-order valence-electron chi connectivity index (χ1n) is 15.3. The molecule has 0 aliphatic carbocycles. The van der Waals surface area contributed by atoms with Crippen LogP contribution in [0, 0.1) is 11.6 Å². The minimum absolute atomic E-state index is 0.0602. The number of carbonyl (C=O) groups is 1. The molecule has 0 spiro atoms. The number of carbonyl (C=O) groups excluding carboxylic acids is 1. The highest BCUT2D eigenvalue weighted by Gasteiger charge is 2.34. The Morgan fingerprint density at radius 3 is 2.64 bits per heavy atom. The smallest absolute Gasteiger partial charge is 0.355 e. The zero-order valence-electron chi connectivity index (χ0n) is 25.9. The van der Waals surface area contributed by atoms with Crippen molar-refractivity contribution in [2.75, 3.05) is 24.6 Å². The second-order valence-electron chi connectivity index (χ2n) is 12.1. The van der Waals surface area contributed by atoms with Crippen LogP contribution in [0.5, 0.6) is 5.75 Å². The van der Waals surface area contributed by atoms with E-state index in [0.717, 1.165) is 12.0 Å². The SMILES string of the molecule is C=CC(=O)N1C[C@H](C)N(c2nc(=O)n3c4nc(c(F)cc24)-c2c(F)cccc2OCCCCc2ccnc(C(C)C)c2-3)C[C@H]1C. The van der Waals surface area contributed by atoms with Gasteiger partial charge in [-0.1, -0.05) is 26.5 Å². The summed E-state index contributed by atoms with van der Waals surface area (Å²) >= 11 is 0. The number of amides is 1. The maximum Gasteiger partial charge on any atom is 0.355 e. The molecule has 0 saturated carbocycles. The summed E-state index contributed by atoms with van der Waals surface area (Å²) in [5.41, 5.74) is 1.26. The number of anilines is 1. The molecule has 2 atom stereocenters. The first-order chi connectivity index (χ1) is 21.6. The van der Waals surface area contributed by atoms with E-state index in [1.807, 2.05) is 38.7 Å². The Morgan fingerprint density at radius 2 is 1.89 bits per heavy atom. The lowest BCUT2D eigenvalue weighted by molar-refractivity contribution is -0.128. The minimum Gasteiger partial charge on any atom is -0.493 e. The van der Waals surface area contributed by atoms with Crippen LogP contribution in [0.25, 0.3) is 28.0 Å². The molecule has 45 heavy (non-hydrogen) atoms. The highest BCUT2D eigenvalue weighted by molar-refractivity contribution is 5.91. The Morgan fingerprint density at radius 1 is 1.09 bits per heavy atom. The maximum absolute atomic E-state index is 16.3. The van der Waals surface area contributed by atoms with Crippen LogP contribution in [0.4, 0.5) is 14.6 Å². The Hall–Kier alpha value is -4.67. The topological polar surface area (TPSA) is 93.5 Å². The molecule has 3 aromatic heterocycles. The molecule has 2 aliphatic rings. The van der Waals surface area contributed by atoms with Crippen LogP contribution < -0.4 is 15.3 Å². The van der Waals surface area contributed by atoms with Crippen molar-refractivity contribution in [1.82, 2.24) is 24.4 Å². The van der Waals surface area contributed by atoms with Gasteiger partial charge in [0.05, 0.1) is 28.9 Å². The monoisotopic (exact) mass is 614 g/mol. The number of aromatic nitrogens is 4. The van der Waals surface area contributed by atoms with E-state index >= 15 is 8.78 Å². The highest BCUT2D eigenvalue weighted by atomic mass is 19.1. The van der Waals surface area contributed by atoms with Crippen molar-refractivity contribution in [1.29, 1.82) is 0 Å². The third-order valence-corrected chi connectivity index (χ3v) is 8.63. The van der Waals surface area contributed by atoms with Crippen molar-refractivity contribution in [3.05, 3.63) is 82.6 Å². The molecule has 4 aromatic rings. The molecule has 11 heteroatoms. The van der Waals surface area contributed by atoms with E-state index in [1.165, 1.54) is 28.8 Å². The van der Waals surface area contributed by atoms with Gasteiger partial charge in [0.2, 0.25) is 5.91 Å². The van der Waals surface area contributed by atoms with Gasteiger partial charge >= 0.3 is 5.69 Å². The number of ether oxygens (including phenoxy) is 1. The number of benzene rings is 1. The lowest BCUT2D eigenvalue weighted by atomic mass is 10.00. The lowest BCUT2D eigenvalue weighted by Crippen LogP contribution is -2.58. The summed E-state index contributed by atoms with van der Waals surface area (Å²) in [4.78, 5) is 44.4. The van der Waals surface area contributed by atoms with Gasteiger partial charge in [0.25, 0.3) is 0 Å². The molecule has 0 radical (unpaired) electrons. The number of aryl methyl sites for hydroxylation is 1. The number of fused-ring (bicyclic) bond motifs is 5. The first kappa shape index (κ1) is 30.4. The second kappa shape index (κ2) is 12.0. The number of piperazine rings is 1. The van der Waals surface area contributed by atoms with Gasteiger partial charge in [0.15, 0.2) is 11.5 Å². The van der Waals surface area contributed by atoms with Crippen molar-refractivity contribution < 1.29 is 18.3 Å². The molecule has 9 nitrogen and oxygen atoms in total. The van der Waals surface area contributed by atoms with Gasteiger partial charge < -0.3 is 14.5 Å². The fourth-order valence-corrected chi connectivity index (χ4v) is 6.40. The number of halogens is 2. The Bertz CT molecular complexity index is 1870. The summed E-state index contributed by atoms with van der Waals surface area (Å²) in [6, 6.07) is 7.00. The number of pyridine rings is 2. The molecule has 2 bridgehead atoms. The van der Waals surface area contributed by atoms with Gasteiger partial charge in [0.1, 0.15) is 23.1 Å². The van der Waals surface area contributed by atoms with Crippen LogP contribution in [0.3, 0.4) is 0 Å². The average molecular weight is 615 g/mol. The van der Waals surface area contributed by atoms with Crippen molar-refractivity contribution in [2.24, 2.45) is 0 Å². The molecule has 234 valence electrons. The van der Waals surface area contributed by atoms with Gasteiger partial charge in [-0.25, -0.2) is 23.1 Å². The van der Waals surface area contributed by atoms with Crippen LogP contribution in [-0.2, 0) is 11.2 Å². The first-order valence-corrected chi connectivity index (χ1v) is 15.3. The standard InChI is InChI=1S/C34H36F2N6O3/c1-6-27(43)40-17-21(5)41(18-20(40)4)32-23-16-25(36)30-28-24(35)11-9-12-26(28)45-15-8-7-10-22-13-14-37-29(19(2)3)31(22)42(33(23)38-30)34(44)39-32/h6,9,11-14,16,19-21H,1,7-8,10,15,17-18H2,2-5H3/t20-,21+/m1/s1. The van der Waals surface area contributed by atoms with Crippen LogP contribution in [-0.4, -0.2) is 62.1 Å². The van der Waals surface area contributed by atoms with E-state index in [4.69, 9.17) is 9.72 Å². The third-order valence-electron chi connectivity index (χ3n) is 8.63. The molecule has 0 N–H and O–H groups in total. The van der Waals surface area contributed by atoms with E-state index in [9.17, 15) is 9.59 Å². The molecular weight excluding hydrogens is 578 g/mol. The number of rotatable bonds is 3. The normalized spacial score (nSPS) is 18.5. The maximum atomic E-state index is 16.3. The molecular formula is C34H36F2N6O3. The molecule has 1 fully saturated rings.